The van der Waals surface area contributed by atoms with Gasteiger partial charge in [0, 0.05) is 31.9 Å². The van der Waals surface area contributed by atoms with Gasteiger partial charge in [-0.05, 0) is 54.8 Å². The smallest absolute Gasteiger partial charge is 0.294 e. The van der Waals surface area contributed by atoms with E-state index < -0.39 is 11.1 Å². The lowest BCUT2D eigenvalue weighted by Crippen LogP contribution is -2.46. The number of imide groups is 1. The molecule has 0 N–H and O–H groups in total. The van der Waals surface area contributed by atoms with Crippen molar-refractivity contribution in [2.24, 2.45) is 0 Å². The first kappa shape index (κ1) is 20.0. The van der Waals surface area contributed by atoms with Gasteiger partial charge in [0.15, 0.2) is 0 Å². The fourth-order valence-electron chi connectivity index (χ4n) is 3.77. The van der Waals surface area contributed by atoms with Crippen LogP contribution in [0.15, 0.2) is 29.2 Å². The maximum atomic E-state index is 12.7. The van der Waals surface area contributed by atoms with Gasteiger partial charge in [-0.2, -0.15) is 0 Å². The number of nitrogens with zero attached hydrogens (tertiary/aromatic N) is 3. The minimum absolute atomic E-state index is 0.212. The predicted molar refractivity (Wildman–Crippen MR) is 113 cm³/mol. The van der Waals surface area contributed by atoms with Gasteiger partial charge in [-0.1, -0.05) is 12.1 Å². The number of anilines is 1. The molecule has 3 fully saturated rings. The summed E-state index contributed by atoms with van der Waals surface area (Å²) in [7, 11) is 0. The lowest BCUT2D eigenvalue weighted by molar-refractivity contribution is -0.139. The lowest BCUT2D eigenvalue weighted by Gasteiger charge is -2.28. The number of benzene rings is 1. The lowest BCUT2D eigenvalue weighted by atomic mass is 10.1. The third-order valence-corrected chi connectivity index (χ3v) is 6.35. The van der Waals surface area contributed by atoms with Gasteiger partial charge in [-0.15, -0.1) is 0 Å². The van der Waals surface area contributed by atoms with Crippen LogP contribution in [0.2, 0.25) is 0 Å². The highest BCUT2D eigenvalue weighted by molar-refractivity contribution is 8.18. The Bertz CT molecular complexity index is 812. The molecule has 0 unspecified atom stereocenters. The van der Waals surface area contributed by atoms with Crippen LogP contribution in [0.1, 0.15) is 24.8 Å². The Labute approximate surface area is 174 Å². The maximum absolute atomic E-state index is 12.7. The molecule has 0 saturated carbocycles. The van der Waals surface area contributed by atoms with E-state index in [0.717, 1.165) is 35.3 Å². The van der Waals surface area contributed by atoms with Crippen LogP contribution in [0.25, 0.3) is 6.08 Å². The van der Waals surface area contributed by atoms with E-state index in [2.05, 4.69) is 17.0 Å². The van der Waals surface area contributed by atoms with Crippen LogP contribution in [-0.4, -0.2) is 72.8 Å². The average molecular weight is 416 g/mol. The zero-order chi connectivity index (χ0) is 20.2. The fourth-order valence-corrected chi connectivity index (χ4v) is 4.61. The molecule has 0 bridgehead atoms. The molecule has 0 atom stereocenters. The summed E-state index contributed by atoms with van der Waals surface area (Å²) in [5.74, 6) is -0.621. The van der Waals surface area contributed by atoms with Crippen LogP contribution in [-0.2, 0) is 14.3 Å². The Hall–Kier alpha value is -2.32. The fraction of sp³-hybridized carbons (Fsp3) is 0.476. The molecule has 3 heterocycles. The van der Waals surface area contributed by atoms with Crippen molar-refractivity contribution < 1.29 is 19.1 Å². The number of morpholine rings is 1. The monoisotopic (exact) mass is 415 g/mol. The zero-order valence-corrected chi connectivity index (χ0v) is 17.2. The van der Waals surface area contributed by atoms with Gasteiger partial charge in [0.1, 0.15) is 6.54 Å². The van der Waals surface area contributed by atoms with Crippen molar-refractivity contribution in [3.63, 3.8) is 0 Å². The highest BCUT2D eigenvalue weighted by atomic mass is 32.2. The molecule has 3 amide bonds. The van der Waals surface area contributed by atoms with E-state index in [9.17, 15) is 14.4 Å². The van der Waals surface area contributed by atoms with Crippen LogP contribution in [0.3, 0.4) is 0 Å². The van der Waals surface area contributed by atoms with Crippen LogP contribution in [0.4, 0.5) is 10.5 Å². The summed E-state index contributed by atoms with van der Waals surface area (Å²) in [4.78, 5) is 42.7. The van der Waals surface area contributed by atoms with Crippen molar-refractivity contribution >= 4 is 40.6 Å². The maximum Gasteiger partial charge on any atom is 0.294 e. The minimum Gasteiger partial charge on any atom is -0.378 e. The van der Waals surface area contributed by atoms with Gasteiger partial charge in [-0.25, -0.2) is 0 Å². The highest BCUT2D eigenvalue weighted by Gasteiger charge is 2.37. The number of amides is 3. The van der Waals surface area contributed by atoms with Gasteiger partial charge >= 0.3 is 0 Å². The Morgan fingerprint density at radius 1 is 1.00 bits per heavy atom. The van der Waals surface area contributed by atoms with E-state index in [4.69, 9.17) is 4.74 Å². The largest absolute Gasteiger partial charge is 0.378 e. The Morgan fingerprint density at radius 3 is 2.38 bits per heavy atom. The number of carbonyl (C=O) groups is 3. The van der Waals surface area contributed by atoms with Crippen molar-refractivity contribution in [3.05, 3.63) is 34.7 Å². The second-order valence-electron chi connectivity index (χ2n) is 7.40. The molecule has 3 aliphatic heterocycles. The summed E-state index contributed by atoms with van der Waals surface area (Å²) < 4.78 is 5.23. The van der Waals surface area contributed by atoms with Gasteiger partial charge in [0.05, 0.1) is 18.1 Å². The number of hydrogen-bond donors (Lipinski definition) is 0. The SMILES string of the molecule is O=C(CN1C(=O)S/C(=C\c2ccc(N3CCCCC3)cc2)C1=O)N1CCOCC1. The standard InChI is InChI=1S/C21H25N3O4S/c25-19(23-10-12-28-13-11-23)15-24-20(26)18(29-21(24)27)14-16-4-6-17(7-5-16)22-8-2-1-3-9-22/h4-7,14H,1-3,8-13,15H2/b18-14-. The number of ether oxygens (including phenoxy) is 1. The molecule has 1 aromatic carbocycles. The summed E-state index contributed by atoms with van der Waals surface area (Å²) >= 11 is 0.890. The zero-order valence-electron chi connectivity index (χ0n) is 16.3. The predicted octanol–water partition coefficient (Wildman–Crippen LogP) is 2.57. The highest BCUT2D eigenvalue weighted by Crippen LogP contribution is 2.32. The number of rotatable bonds is 4. The van der Waals surface area contributed by atoms with E-state index in [-0.39, 0.29) is 12.5 Å². The molecular formula is C21H25N3O4S. The van der Waals surface area contributed by atoms with E-state index in [1.165, 1.54) is 24.9 Å². The van der Waals surface area contributed by atoms with Crippen molar-refractivity contribution in [1.82, 2.24) is 9.80 Å². The van der Waals surface area contributed by atoms with Gasteiger partial charge in [0.2, 0.25) is 5.91 Å². The summed E-state index contributed by atoms with van der Waals surface area (Å²) in [6, 6.07) is 8.06. The van der Waals surface area contributed by atoms with E-state index in [1.807, 2.05) is 12.1 Å². The summed E-state index contributed by atoms with van der Waals surface area (Å²) in [5.41, 5.74) is 2.06. The van der Waals surface area contributed by atoms with Crippen molar-refractivity contribution in [2.45, 2.75) is 19.3 Å². The number of carbonyl (C=O) groups excluding carboxylic acids is 3. The van der Waals surface area contributed by atoms with Crippen LogP contribution >= 0.6 is 11.8 Å². The Balaban J connectivity index is 1.41. The van der Waals surface area contributed by atoms with Gasteiger partial charge in [0.25, 0.3) is 11.1 Å². The quantitative estimate of drug-likeness (QED) is 0.704. The van der Waals surface area contributed by atoms with Crippen molar-refractivity contribution in [1.29, 1.82) is 0 Å². The van der Waals surface area contributed by atoms with Crippen molar-refractivity contribution in [2.75, 3.05) is 50.8 Å². The first-order valence-electron chi connectivity index (χ1n) is 10.1. The number of hydrogen-bond acceptors (Lipinski definition) is 6. The molecule has 7 nitrogen and oxygen atoms in total. The van der Waals surface area contributed by atoms with Crippen LogP contribution in [0.5, 0.6) is 0 Å². The molecule has 0 aromatic heterocycles. The Morgan fingerprint density at radius 2 is 1.69 bits per heavy atom. The van der Waals surface area contributed by atoms with Crippen molar-refractivity contribution in [3.8, 4) is 0 Å². The van der Waals surface area contributed by atoms with Crippen LogP contribution < -0.4 is 4.90 Å². The Kier molecular flexibility index (Phi) is 6.20. The second kappa shape index (κ2) is 9.00. The normalized spacial score (nSPS) is 21.9. The van der Waals surface area contributed by atoms with E-state index in [0.29, 0.717) is 31.2 Å². The molecule has 1 aromatic rings. The molecule has 29 heavy (non-hydrogen) atoms. The first-order valence-corrected chi connectivity index (χ1v) is 10.9. The van der Waals surface area contributed by atoms with Gasteiger partial charge < -0.3 is 14.5 Å². The molecule has 0 aliphatic carbocycles. The molecule has 0 radical (unpaired) electrons. The summed E-state index contributed by atoms with van der Waals surface area (Å²) in [5, 5.41) is -0.396. The van der Waals surface area contributed by atoms with E-state index in [1.54, 1.807) is 11.0 Å². The number of piperidine rings is 1. The summed E-state index contributed by atoms with van der Waals surface area (Å²) in [6.45, 7) is 3.91. The summed E-state index contributed by atoms with van der Waals surface area (Å²) in [6.07, 6.45) is 5.46. The van der Waals surface area contributed by atoms with Crippen LogP contribution in [0, 0.1) is 0 Å². The average Bonchev–Trinajstić information content (AvgIpc) is 3.03. The third kappa shape index (κ3) is 4.64. The van der Waals surface area contributed by atoms with Gasteiger partial charge in [-0.3, -0.25) is 19.3 Å². The molecule has 154 valence electrons. The topological polar surface area (TPSA) is 70.2 Å². The molecule has 8 heteroatoms. The molecule has 3 saturated heterocycles. The number of thioether (sulfide) groups is 1. The molecule has 3 aliphatic rings. The first-order chi connectivity index (χ1) is 14.1. The molecule has 4 rings (SSSR count). The molecular weight excluding hydrogens is 390 g/mol. The van der Waals surface area contributed by atoms with E-state index >= 15 is 0 Å². The minimum atomic E-state index is -0.401. The second-order valence-corrected chi connectivity index (χ2v) is 8.39. The third-order valence-electron chi connectivity index (χ3n) is 5.44. The molecule has 0 spiro atoms.